The lowest BCUT2D eigenvalue weighted by atomic mass is 10.2. The minimum absolute atomic E-state index is 0.0193. The van der Waals surface area contributed by atoms with Crippen LogP contribution in [0.1, 0.15) is 24.2 Å². The number of nitrogens with one attached hydrogen (secondary N) is 1. The van der Waals surface area contributed by atoms with Crippen LogP contribution in [0.25, 0.3) is 0 Å². The average Bonchev–Trinajstić information content (AvgIpc) is 2.38. The fourth-order valence-electron chi connectivity index (χ4n) is 1.32. The van der Waals surface area contributed by atoms with Crippen LogP contribution in [-0.2, 0) is 14.6 Å². The third-order valence-electron chi connectivity index (χ3n) is 2.57. The van der Waals surface area contributed by atoms with Crippen LogP contribution in [0.3, 0.4) is 0 Å². The highest BCUT2D eigenvalue weighted by atomic mass is 32.2. The molecule has 1 aromatic carbocycles. The van der Waals surface area contributed by atoms with E-state index in [4.69, 9.17) is 5.11 Å². The van der Waals surface area contributed by atoms with Gasteiger partial charge in [-0.05, 0) is 31.2 Å². The minimum atomic E-state index is -3.30. The van der Waals surface area contributed by atoms with Gasteiger partial charge in [-0.3, -0.25) is 9.59 Å². The molecule has 1 atom stereocenters. The highest BCUT2D eigenvalue weighted by Crippen LogP contribution is 2.12. The van der Waals surface area contributed by atoms with Gasteiger partial charge in [0.25, 0.3) is 5.91 Å². The highest BCUT2D eigenvalue weighted by Gasteiger charge is 2.16. The Balaban J connectivity index is 2.88. The zero-order valence-corrected chi connectivity index (χ0v) is 11.4. The number of hydrogen-bond acceptors (Lipinski definition) is 4. The molecule has 0 radical (unpaired) electrons. The Hall–Kier alpha value is -1.89. The summed E-state index contributed by atoms with van der Waals surface area (Å²) in [5.41, 5.74) is 0.211. The smallest absolute Gasteiger partial charge is 0.325 e. The first-order chi connectivity index (χ1) is 8.77. The molecule has 0 fully saturated rings. The van der Waals surface area contributed by atoms with Crippen molar-refractivity contribution in [2.75, 3.05) is 5.75 Å². The van der Waals surface area contributed by atoms with Gasteiger partial charge in [0.15, 0.2) is 9.84 Å². The van der Waals surface area contributed by atoms with Gasteiger partial charge in [0.2, 0.25) is 0 Å². The lowest BCUT2D eigenvalue weighted by Crippen LogP contribution is -2.38. The van der Waals surface area contributed by atoms with Crippen molar-refractivity contribution >= 4 is 21.7 Å². The number of carboxylic acids is 1. The Morgan fingerprint density at radius 2 is 1.79 bits per heavy atom. The fraction of sp³-hybridized carbons (Fsp3) is 0.333. The number of sulfone groups is 1. The molecule has 104 valence electrons. The van der Waals surface area contributed by atoms with E-state index in [1.54, 1.807) is 0 Å². The summed E-state index contributed by atoms with van der Waals surface area (Å²) in [5.74, 6) is -1.72. The number of carbonyl (C=O) groups excluding carboxylic acids is 1. The molecular weight excluding hydrogens is 270 g/mol. The zero-order valence-electron chi connectivity index (χ0n) is 10.6. The normalized spacial score (nSPS) is 12.7. The van der Waals surface area contributed by atoms with E-state index >= 15 is 0 Å². The summed E-state index contributed by atoms with van der Waals surface area (Å²) in [5, 5.41) is 10.9. The van der Waals surface area contributed by atoms with Crippen LogP contribution in [-0.4, -0.2) is 37.2 Å². The molecule has 1 aromatic rings. The molecule has 6 nitrogen and oxygen atoms in total. The summed E-state index contributed by atoms with van der Waals surface area (Å²) in [6.07, 6.45) is 0. The SMILES string of the molecule is CCS(=O)(=O)c1ccc(C(=O)NC(C)C(=O)O)cc1. The molecule has 0 saturated carbocycles. The number of carbonyl (C=O) groups is 2. The van der Waals surface area contributed by atoms with Crippen molar-refractivity contribution in [2.24, 2.45) is 0 Å². The van der Waals surface area contributed by atoms with E-state index in [2.05, 4.69) is 5.32 Å². The first kappa shape index (κ1) is 15.2. The predicted molar refractivity (Wildman–Crippen MR) is 68.7 cm³/mol. The maximum absolute atomic E-state index is 11.7. The molecule has 0 aliphatic carbocycles. The Morgan fingerprint density at radius 3 is 2.21 bits per heavy atom. The molecule has 0 bridgehead atoms. The molecule has 1 rings (SSSR count). The molecular formula is C12H15NO5S. The lowest BCUT2D eigenvalue weighted by molar-refractivity contribution is -0.138. The summed E-state index contributed by atoms with van der Waals surface area (Å²) in [7, 11) is -3.30. The number of aliphatic carboxylic acids is 1. The van der Waals surface area contributed by atoms with E-state index in [0.717, 1.165) is 0 Å². The molecule has 0 heterocycles. The monoisotopic (exact) mass is 285 g/mol. The molecule has 0 aliphatic heterocycles. The molecule has 0 aliphatic rings. The zero-order chi connectivity index (χ0) is 14.6. The summed E-state index contributed by atoms with van der Waals surface area (Å²) in [4.78, 5) is 22.4. The van der Waals surface area contributed by atoms with Crippen LogP contribution in [0.5, 0.6) is 0 Å². The van der Waals surface area contributed by atoms with Crippen molar-refractivity contribution in [3.05, 3.63) is 29.8 Å². The van der Waals surface area contributed by atoms with E-state index in [1.165, 1.54) is 38.1 Å². The van der Waals surface area contributed by atoms with Crippen molar-refractivity contribution in [2.45, 2.75) is 24.8 Å². The number of amides is 1. The number of rotatable bonds is 5. The van der Waals surface area contributed by atoms with E-state index in [9.17, 15) is 18.0 Å². The minimum Gasteiger partial charge on any atom is -0.480 e. The molecule has 19 heavy (non-hydrogen) atoms. The summed E-state index contributed by atoms with van der Waals surface area (Å²) >= 11 is 0. The van der Waals surface area contributed by atoms with Gasteiger partial charge in [-0.1, -0.05) is 6.92 Å². The maximum Gasteiger partial charge on any atom is 0.325 e. The van der Waals surface area contributed by atoms with Crippen LogP contribution in [0, 0.1) is 0 Å². The second kappa shape index (κ2) is 5.83. The van der Waals surface area contributed by atoms with Crippen molar-refractivity contribution < 1.29 is 23.1 Å². The van der Waals surface area contributed by atoms with E-state index in [-0.39, 0.29) is 16.2 Å². The molecule has 0 spiro atoms. The molecule has 7 heteroatoms. The predicted octanol–water partition coefficient (Wildman–Crippen LogP) is 0.683. The third-order valence-corrected chi connectivity index (χ3v) is 4.32. The fourth-order valence-corrected chi connectivity index (χ4v) is 2.21. The second-order valence-electron chi connectivity index (χ2n) is 3.96. The van der Waals surface area contributed by atoms with Crippen molar-refractivity contribution in [3.8, 4) is 0 Å². The molecule has 0 saturated heterocycles. The Bertz CT molecular complexity index is 577. The average molecular weight is 285 g/mol. The van der Waals surface area contributed by atoms with Gasteiger partial charge in [0, 0.05) is 5.56 Å². The number of benzene rings is 1. The van der Waals surface area contributed by atoms with Gasteiger partial charge in [-0.25, -0.2) is 8.42 Å². The summed E-state index contributed by atoms with van der Waals surface area (Å²) < 4.78 is 23.1. The Morgan fingerprint density at radius 1 is 1.26 bits per heavy atom. The highest BCUT2D eigenvalue weighted by molar-refractivity contribution is 7.91. The van der Waals surface area contributed by atoms with Gasteiger partial charge in [0.05, 0.1) is 10.6 Å². The van der Waals surface area contributed by atoms with Crippen LogP contribution in [0.2, 0.25) is 0 Å². The Kier molecular flexibility index (Phi) is 4.66. The van der Waals surface area contributed by atoms with Crippen LogP contribution < -0.4 is 5.32 Å². The largest absolute Gasteiger partial charge is 0.480 e. The number of hydrogen-bond donors (Lipinski definition) is 2. The van der Waals surface area contributed by atoms with E-state index in [1.807, 2.05) is 0 Å². The van der Waals surface area contributed by atoms with Crippen molar-refractivity contribution in [3.63, 3.8) is 0 Å². The second-order valence-corrected chi connectivity index (χ2v) is 6.24. The van der Waals surface area contributed by atoms with E-state index < -0.39 is 27.8 Å². The molecule has 1 amide bonds. The molecule has 1 unspecified atom stereocenters. The van der Waals surface area contributed by atoms with Gasteiger partial charge < -0.3 is 10.4 Å². The Labute approximate surface area is 111 Å². The first-order valence-electron chi connectivity index (χ1n) is 5.64. The lowest BCUT2D eigenvalue weighted by Gasteiger charge is -2.09. The molecule has 2 N–H and O–H groups in total. The molecule has 0 aromatic heterocycles. The quantitative estimate of drug-likeness (QED) is 0.828. The van der Waals surface area contributed by atoms with Gasteiger partial charge in [-0.15, -0.1) is 0 Å². The van der Waals surface area contributed by atoms with Gasteiger partial charge in [0.1, 0.15) is 6.04 Å². The summed E-state index contributed by atoms with van der Waals surface area (Å²) in [6.45, 7) is 2.88. The summed E-state index contributed by atoms with van der Waals surface area (Å²) in [6, 6.07) is 4.36. The number of carboxylic acid groups (broad SMARTS) is 1. The van der Waals surface area contributed by atoms with E-state index in [0.29, 0.717) is 0 Å². The van der Waals surface area contributed by atoms with Crippen LogP contribution in [0.4, 0.5) is 0 Å². The maximum atomic E-state index is 11.7. The van der Waals surface area contributed by atoms with Gasteiger partial charge >= 0.3 is 5.97 Å². The first-order valence-corrected chi connectivity index (χ1v) is 7.29. The van der Waals surface area contributed by atoms with Crippen molar-refractivity contribution in [1.82, 2.24) is 5.32 Å². The standard InChI is InChI=1S/C12H15NO5S/c1-3-19(17,18)10-6-4-9(5-7-10)11(14)13-8(2)12(15)16/h4-8H,3H2,1-2H3,(H,13,14)(H,15,16). The van der Waals surface area contributed by atoms with Crippen LogP contribution in [0.15, 0.2) is 29.2 Å². The van der Waals surface area contributed by atoms with Crippen LogP contribution >= 0.6 is 0 Å². The third kappa shape index (κ3) is 3.78. The van der Waals surface area contributed by atoms with Gasteiger partial charge in [-0.2, -0.15) is 0 Å². The van der Waals surface area contributed by atoms with Crippen molar-refractivity contribution in [1.29, 1.82) is 0 Å². The topological polar surface area (TPSA) is 101 Å².